The van der Waals surface area contributed by atoms with Crippen molar-refractivity contribution in [3.8, 4) is 0 Å². The second kappa shape index (κ2) is 10.6. The Balaban J connectivity index is 0.00000156. The van der Waals surface area contributed by atoms with Crippen LogP contribution in [0.5, 0.6) is 0 Å². The molecule has 0 radical (unpaired) electrons. The molecular weight excluding hydrogens is 377 g/mol. The van der Waals surface area contributed by atoms with E-state index in [2.05, 4.69) is 10.7 Å². The monoisotopic (exact) mass is 401 g/mol. The number of halogens is 2. The van der Waals surface area contributed by atoms with E-state index in [4.69, 9.17) is 10.7 Å². The van der Waals surface area contributed by atoms with Gasteiger partial charge < -0.3 is 11.1 Å². The van der Waals surface area contributed by atoms with Crippen molar-refractivity contribution >= 4 is 47.7 Å². The molecule has 1 fully saturated rings. The SMILES string of the molecule is Cl.Cl.Nc1cccc(C(=O)NCCc2nc(C3CCCCC3)cs2)c1. The maximum Gasteiger partial charge on any atom is 0.251 e. The summed E-state index contributed by atoms with van der Waals surface area (Å²) < 4.78 is 0. The van der Waals surface area contributed by atoms with Crippen molar-refractivity contribution in [2.24, 2.45) is 0 Å². The van der Waals surface area contributed by atoms with Gasteiger partial charge in [0.05, 0.1) is 10.7 Å². The average molecular weight is 402 g/mol. The third kappa shape index (κ3) is 6.17. The first kappa shape index (κ1) is 21.7. The van der Waals surface area contributed by atoms with Crippen molar-refractivity contribution in [3.05, 3.63) is 45.9 Å². The van der Waals surface area contributed by atoms with Crippen LogP contribution in [0.4, 0.5) is 5.69 Å². The van der Waals surface area contributed by atoms with Gasteiger partial charge >= 0.3 is 0 Å². The molecule has 1 aliphatic carbocycles. The number of anilines is 1. The van der Waals surface area contributed by atoms with Gasteiger partial charge in [-0.1, -0.05) is 25.3 Å². The predicted octanol–water partition coefficient (Wildman–Crippen LogP) is 4.59. The topological polar surface area (TPSA) is 68.0 Å². The van der Waals surface area contributed by atoms with Crippen LogP contribution in [-0.4, -0.2) is 17.4 Å². The highest BCUT2D eigenvalue weighted by Gasteiger charge is 2.18. The summed E-state index contributed by atoms with van der Waals surface area (Å²) in [5.41, 5.74) is 8.17. The fourth-order valence-electron chi connectivity index (χ4n) is 3.09. The van der Waals surface area contributed by atoms with Gasteiger partial charge in [-0.2, -0.15) is 0 Å². The molecule has 1 saturated carbocycles. The van der Waals surface area contributed by atoms with E-state index in [0.29, 0.717) is 23.7 Å². The van der Waals surface area contributed by atoms with Crippen molar-refractivity contribution in [2.75, 3.05) is 12.3 Å². The largest absolute Gasteiger partial charge is 0.399 e. The Morgan fingerprint density at radius 1 is 1.24 bits per heavy atom. The lowest BCUT2D eigenvalue weighted by Gasteiger charge is -2.19. The van der Waals surface area contributed by atoms with Crippen LogP contribution >= 0.6 is 36.2 Å². The number of amides is 1. The highest BCUT2D eigenvalue weighted by atomic mass is 35.5. The molecule has 1 heterocycles. The van der Waals surface area contributed by atoms with Gasteiger partial charge in [0.25, 0.3) is 5.91 Å². The average Bonchev–Trinajstić information content (AvgIpc) is 3.04. The summed E-state index contributed by atoms with van der Waals surface area (Å²) in [4.78, 5) is 16.8. The first-order valence-electron chi connectivity index (χ1n) is 8.30. The highest BCUT2D eigenvalue weighted by molar-refractivity contribution is 7.09. The Bertz CT molecular complexity index is 672. The van der Waals surface area contributed by atoms with Crippen molar-refractivity contribution in [2.45, 2.75) is 44.4 Å². The third-order valence-corrected chi connectivity index (χ3v) is 5.29. The second-order valence-corrected chi connectivity index (χ2v) is 7.08. The fraction of sp³-hybridized carbons (Fsp3) is 0.444. The maximum atomic E-state index is 12.1. The molecule has 0 spiro atoms. The van der Waals surface area contributed by atoms with E-state index in [0.717, 1.165) is 11.4 Å². The summed E-state index contributed by atoms with van der Waals surface area (Å²) in [6.45, 7) is 0.602. The number of thiazole rings is 1. The normalized spacial score (nSPS) is 14.2. The second-order valence-electron chi connectivity index (χ2n) is 6.13. The number of hydrogen-bond donors (Lipinski definition) is 2. The van der Waals surface area contributed by atoms with Crippen molar-refractivity contribution in [3.63, 3.8) is 0 Å². The lowest BCUT2D eigenvalue weighted by Crippen LogP contribution is -2.25. The summed E-state index contributed by atoms with van der Waals surface area (Å²) in [5, 5.41) is 6.24. The summed E-state index contributed by atoms with van der Waals surface area (Å²) in [7, 11) is 0. The number of carbonyl (C=O) groups is 1. The molecule has 3 rings (SSSR count). The number of aromatic nitrogens is 1. The zero-order chi connectivity index (χ0) is 16.1. The van der Waals surface area contributed by atoms with Crippen molar-refractivity contribution in [1.29, 1.82) is 0 Å². The minimum atomic E-state index is -0.0821. The fourth-order valence-corrected chi connectivity index (χ4v) is 3.97. The lowest BCUT2D eigenvalue weighted by atomic mass is 9.87. The number of carbonyl (C=O) groups excluding carboxylic acids is 1. The van der Waals surface area contributed by atoms with E-state index in [1.807, 2.05) is 0 Å². The summed E-state index contributed by atoms with van der Waals surface area (Å²) in [6.07, 6.45) is 7.35. The van der Waals surface area contributed by atoms with E-state index >= 15 is 0 Å². The van der Waals surface area contributed by atoms with E-state index < -0.39 is 0 Å². The molecule has 25 heavy (non-hydrogen) atoms. The molecule has 7 heteroatoms. The minimum absolute atomic E-state index is 0. The molecule has 2 aromatic rings. The van der Waals surface area contributed by atoms with Crippen molar-refractivity contribution in [1.82, 2.24) is 10.3 Å². The van der Waals surface area contributed by atoms with Gasteiger partial charge in [0.1, 0.15) is 0 Å². The lowest BCUT2D eigenvalue weighted by molar-refractivity contribution is 0.0954. The Morgan fingerprint density at radius 3 is 2.72 bits per heavy atom. The molecule has 0 aliphatic heterocycles. The van der Waals surface area contributed by atoms with Gasteiger partial charge in [-0.3, -0.25) is 4.79 Å². The zero-order valence-electron chi connectivity index (χ0n) is 14.1. The standard InChI is InChI=1S/C18H23N3OS.2ClH/c19-15-8-4-7-14(11-15)18(22)20-10-9-17-21-16(12-23-17)13-5-2-1-3-6-13;;/h4,7-8,11-13H,1-3,5-6,9-10,19H2,(H,20,22);2*1H. The Hall–Kier alpha value is -1.30. The molecule has 0 saturated heterocycles. The minimum Gasteiger partial charge on any atom is -0.399 e. The summed E-state index contributed by atoms with van der Waals surface area (Å²) in [6, 6.07) is 7.04. The quantitative estimate of drug-likeness (QED) is 0.719. The molecule has 1 aromatic heterocycles. The zero-order valence-corrected chi connectivity index (χ0v) is 16.5. The van der Waals surface area contributed by atoms with E-state index in [9.17, 15) is 4.79 Å². The number of nitrogens with two attached hydrogens (primary N) is 1. The first-order chi connectivity index (χ1) is 11.2. The number of nitrogen functional groups attached to an aromatic ring is 1. The Labute approximate surface area is 165 Å². The van der Waals surface area contributed by atoms with Crippen molar-refractivity contribution < 1.29 is 4.79 Å². The van der Waals surface area contributed by atoms with Crippen LogP contribution in [0.2, 0.25) is 0 Å². The van der Waals surface area contributed by atoms with Crippen LogP contribution < -0.4 is 11.1 Å². The van der Waals surface area contributed by atoms with Gasteiger partial charge in [0, 0.05) is 35.5 Å². The number of rotatable bonds is 5. The predicted molar refractivity (Wildman–Crippen MR) is 109 cm³/mol. The maximum absolute atomic E-state index is 12.1. The van der Waals surface area contributed by atoms with Gasteiger partial charge in [0.2, 0.25) is 0 Å². The van der Waals surface area contributed by atoms with Crippen LogP contribution in [0.15, 0.2) is 29.6 Å². The molecule has 0 bridgehead atoms. The number of nitrogens with zero attached hydrogens (tertiary/aromatic N) is 1. The van der Waals surface area contributed by atoms with Crippen LogP contribution in [0.3, 0.4) is 0 Å². The Morgan fingerprint density at radius 2 is 2.00 bits per heavy atom. The van der Waals surface area contributed by atoms with Gasteiger partial charge in [-0.15, -0.1) is 36.2 Å². The van der Waals surface area contributed by atoms with E-state index in [1.54, 1.807) is 35.6 Å². The molecule has 138 valence electrons. The Kier molecular flexibility index (Phi) is 9.25. The van der Waals surface area contributed by atoms with Gasteiger partial charge in [0.15, 0.2) is 0 Å². The highest BCUT2D eigenvalue weighted by Crippen LogP contribution is 2.33. The van der Waals surface area contributed by atoms with Gasteiger partial charge in [-0.25, -0.2) is 4.98 Å². The van der Waals surface area contributed by atoms with Crippen LogP contribution in [0.25, 0.3) is 0 Å². The van der Waals surface area contributed by atoms with Crippen LogP contribution in [-0.2, 0) is 6.42 Å². The molecule has 0 atom stereocenters. The van der Waals surface area contributed by atoms with E-state index in [-0.39, 0.29) is 30.7 Å². The molecule has 0 unspecified atom stereocenters. The number of nitrogens with one attached hydrogen (secondary N) is 1. The molecular formula is C18H25Cl2N3OS. The summed E-state index contributed by atoms with van der Waals surface area (Å²) >= 11 is 1.71. The molecule has 4 nitrogen and oxygen atoms in total. The third-order valence-electron chi connectivity index (χ3n) is 4.37. The van der Waals surface area contributed by atoms with Crippen LogP contribution in [0, 0.1) is 0 Å². The smallest absolute Gasteiger partial charge is 0.251 e. The van der Waals surface area contributed by atoms with E-state index in [1.165, 1.54) is 37.8 Å². The molecule has 1 aliphatic rings. The molecule has 3 N–H and O–H groups in total. The van der Waals surface area contributed by atoms with Crippen LogP contribution in [0.1, 0.15) is 59.1 Å². The molecule has 1 aromatic carbocycles. The number of hydrogen-bond acceptors (Lipinski definition) is 4. The summed E-state index contributed by atoms with van der Waals surface area (Å²) in [5.74, 6) is 0.567. The molecule has 1 amide bonds. The first-order valence-corrected chi connectivity index (χ1v) is 9.18. The number of benzene rings is 1. The van der Waals surface area contributed by atoms with Gasteiger partial charge in [-0.05, 0) is 31.0 Å².